The fourth-order valence-corrected chi connectivity index (χ4v) is 2.95. The molecule has 96 valence electrons. The van der Waals surface area contributed by atoms with Gasteiger partial charge in [0, 0.05) is 11.8 Å². The number of rotatable bonds is 2. The second-order valence-corrected chi connectivity index (χ2v) is 5.49. The van der Waals surface area contributed by atoms with Crippen molar-refractivity contribution < 1.29 is 0 Å². The molecule has 19 heavy (non-hydrogen) atoms. The monoisotopic (exact) mass is 268 g/mol. The van der Waals surface area contributed by atoms with Crippen molar-refractivity contribution in [2.24, 2.45) is 0 Å². The summed E-state index contributed by atoms with van der Waals surface area (Å²) in [5.74, 6) is 0. The van der Waals surface area contributed by atoms with Crippen molar-refractivity contribution in [3.8, 4) is 11.3 Å². The molecule has 0 fully saturated rings. The van der Waals surface area contributed by atoms with Crippen LogP contribution < -0.4 is 0 Å². The van der Waals surface area contributed by atoms with Crippen molar-refractivity contribution in [1.29, 1.82) is 0 Å². The van der Waals surface area contributed by atoms with Gasteiger partial charge in [0.1, 0.15) is 16.4 Å². The van der Waals surface area contributed by atoms with Gasteiger partial charge in [-0.15, -0.1) is 11.8 Å². The maximum Gasteiger partial charge on any atom is 0.138 e. The SMILES string of the molecule is CSc1c(-c2ccc(C)c(C)c2)nc2ccccn12. The smallest absolute Gasteiger partial charge is 0.138 e. The molecule has 3 heteroatoms. The van der Waals surface area contributed by atoms with Gasteiger partial charge in [0.15, 0.2) is 0 Å². The number of hydrogen-bond acceptors (Lipinski definition) is 2. The quantitative estimate of drug-likeness (QED) is 0.643. The second-order valence-electron chi connectivity index (χ2n) is 4.70. The average molecular weight is 268 g/mol. The molecule has 0 bridgehead atoms. The average Bonchev–Trinajstić information content (AvgIpc) is 2.80. The molecule has 3 aromatic rings. The van der Waals surface area contributed by atoms with Crippen molar-refractivity contribution >= 4 is 17.4 Å². The molecule has 0 amide bonds. The Morgan fingerprint density at radius 1 is 1.05 bits per heavy atom. The van der Waals surface area contributed by atoms with Gasteiger partial charge in [-0.05, 0) is 49.4 Å². The Kier molecular flexibility index (Phi) is 3.07. The van der Waals surface area contributed by atoms with Crippen LogP contribution in [0.5, 0.6) is 0 Å². The van der Waals surface area contributed by atoms with Crippen molar-refractivity contribution in [2.75, 3.05) is 6.26 Å². The van der Waals surface area contributed by atoms with E-state index in [1.807, 2.05) is 18.2 Å². The van der Waals surface area contributed by atoms with E-state index in [1.165, 1.54) is 21.7 Å². The van der Waals surface area contributed by atoms with Gasteiger partial charge in [-0.25, -0.2) is 4.98 Å². The highest BCUT2D eigenvalue weighted by Crippen LogP contribution is 2.31. The van der Waals surface area contributed by atoms with E-state index in [2.05, 4.69) is 48.9 Å². The van der Waals surface area contributed by atoms with Crippen LogP contribution in [0, 0.1) is 13.8 Å². The minimum absolute atomic E-state index is 1.00. The third kappa shape index (κ3) is 2.04. The largest absolute Gasteiger partial charge is 0.294 e. The molecule has 2 nitrogen and oxygen atoms in total. The maximum absolute atomic E-state index is 4.77. The topological polar surface area (TPSA) is 17.3 Å². The van der Waals surface area contributed by atoms with E-state index in [-0.39, 0.29) is 0 Å². The predicted molar refractivity (Wildman–Crippen MR) is 81.9 cm³/mol. The van der Waals surface area contributed by atoms with E-state index in [1.54, 1.807) is 11.8 Å². The standard InChI is InChI=1S/C16H16N2S/c1-11-7-8-13(10-12(11)2)15-16(19-3)18-9-5-4-6-14(18)17-15/h4-10H,1-3H3. The van der Waals surface area contributed by atoms with Gasteiger partial charge in [0.2, 0.25) is 0 Å². The Bertz CT molecular complexity index is 744. The van der Waals surface area contributed by atoms with Gasteiger partial charge in [0.25, 0.3) is 0 Å². The fraction of sp³-hybridized carbons (Fsp3) is 0.188. The van der Waals surface area contributed by atoms with Gasteiger partial charge < -0.3 is 0 Å². The molecular weight excluding hydrogens is 252 g/mol. The lowest BCUT2D eigenvalue weighted by atomic mass is 10.0. The summed E-state index contributed by atoms with van der Waals surface area (Å²) in [5, 5.41) is 1.19. The molecule has 1 aromatic carbocycles. The Morgan fingerprint density at radius 3 is 2.63 bits per heavy atom. The maximum atomic E-state index is 4.77. The Labute approximate surface area is 117 Å². The van der Waals surface area contributed by atoms with E-state index in [4.69, 9.17) is 4.98 Å². The van der Waals surface area contributed by atoms with Crippen LogP contribution >= 0.6 is 11.8 Å². The van der Waals surface area contributed by atoms with Crippen molar-refractivity contribution in [3.05, 3.63) is 53.7 Å². The molecular formula is C16H16N2S. The van der Waals surface area contributed by atoms with Crippen molar-refractivity contribution in [3.63, 3.8) is 0 Å². The van der Waals surface area contributed by atoms with Crippen LogP contribution in [-0.4, -0.2) is 15.6 Å². The van der Waals surface area contributed by atoms with Gasteiger partial charge in [0.05, 0.1) is 0 Å². The normalized spacial score (nSPS) is 11.1. The van der Waals surface area contributed by atoms with E-state index < -0.39 is 0 Å². The number of imidazole rings is 1. The summed E-state index contributed by atoms with van der Waals surface area (Å²) < 4.78 is 2.15. The molecule has 0 spiro atoms. The number of aryl methyl sites for hydroxylation is 2. The van der Waals surface area contributed by atoms with E-state index in [9.17, 15) is 0 Å². The van der Waals surface area contributed by atoms with Crippen LogP contribution in [0.15, 0.2) is 47.6 Å². The number of hydrogen-bond donors (Lipinski definition) is 0. The molecule has 2 aromatic heterocycles. The van der Waals surface area contributed by atoms with Crippen molar-refractivity contribution in [2.45, 2.75) is 18.9 Å². The molecule has 0 saturated heterocycles. The van der Waals surface area contributed by atoms with Crippen LogP contribution in [0.2, 0.25) is 0 Å². The third-order valence-corrected chi connectivity index (χ3v) is 4.24. The molecule has 0 unspecified atom stereocenters. The Morgan fingerprint density at radius 2 is 1.89 bits per heavy atom. The van der Waals surface area contributed by atoms with E-state index in [0.717, 1.165) is 11.3 Å². The zero-order chi connectivity index (χ0) is 13.4. The minimum atomic E-state index is 1.00. The van der Waals surface area contributed by atoms with Crippen molar-refractivity contribution in [1.82, 2.24) is 9.38 Å². The molecule has 0 aliphatic heterocycles. The molecule has 0 aliphatic carbocycles. The van der Waals surface area contributed by atoms with Gasteiger partial charge in [-0.3, -0.25) is 4.40 Å². The predicted octanol–water partition coefficient (Wildman–Crippen LogP) is 4.34. The fourth-order valence-electron chi connectivity index (χ4n) is 2.25. The summed E-state index contributed by atoms with van der Waals surface area (Å²) in [7, 11) is 0. The van der Waals surface area contributed by atoms with Crippen LogP contribution in [0.25, 0.3) is 16.9 Å². The summed E-state index contributed by atoms with van der Waals surface area (Å²) in [6.07, 6.45) is 4.17. The number of fused-ring (bicyclic) bond motifs is 1. The lowest BCUT2D eigenvalue weighted by Crippen LogP contribution is -1.87. The van der Waals surface area contributed by atoms with Gasteiger partial charge in [-0.1, -0.05) is 18.2 Å². The minimum Gasteiger partial charge on any atom is -0.294 e. The highest BCUT2D eigenvalue weighted by atomic mass is 32.2. The Balaban J connectivity index is 2.26. The van der Waals surface area contributed by atoms with Crippen LogP contribution in [0.1, 0.15) is 11.1 Å². The molecule has 3 rings (SSSR count). The van der Waals surface area contributed by atoms with E-state index in [0.29, 0.717) is 0 Å². The van der Waals surface area contributed by atoms with Crippen LogP contribution in [0.4, 0.5) is 0 Å². The molecule has 0 atom stereocenters. The summed E-state index contributed by atoms with van der Waals surface area (Å²) in [6.45, 7) is 4.28. The first-order valence-corrected chi connectivity index (χ1v) is 7.52. The lowest BCUT2D eigenvalue weighted by Gasteiger charge is -2.05. The molecule has 0 N–H and O–H groups in total. The van der Waals surface area contributed by atoms with Gasteiger partial charge >= 0.3 is 0 Å². The molecule has 2 heterocycles. The van der Waals surface area contributed by atoms with Crippen LogP contribution in [0.3, 0.4) is 0 Å². The number of aromatic nitrogens is 2. The first kappa shape index (κ1) is 12.3. The lowest BCUT2D eigenvalue weighted by molar-refractivity contribution is 1.05. The number of nitrogens with zero attached hydrogens (tertiary/aromatic N) is 2. The highest BCUT2D eigenvalue weighted by Gasteiger charge is 2.13. The highest BCUT2D eigenvalue weighted by molar-refractivity contribution is 7.98. The van der Waals surface area contributed by atoms with Crippen LogP contribution in [-0.2, 0) is 0 Å². The molecule has 0 radical (unpaired) electrons. The molecule has 0 saturated carbocycles. The van der Waals surface area contributed by atoms with Gasteiger partial charge in [-0.2, -0.15) is 0 Å². The second kappa shape index (κ2) is 4.74. The molecule has 0 aliphatic rings. The Hall–Kier alpha value is -1.74. The summed E-state index contributed by atoms with van der Waals surface area (Å²) in [4.78, 5) is 4.77. The zero-order valence-corrected chi connectivity index (χ0v) is 12.2. The number of pyridine rings is 1. The zero-order valence-electron chi connectivity index (χ0n) is 11.3. The first-order valence-electron chi connectivity index (χ1n) is 6.29. The number of thioether (sulfide) groups is 1. The number of benzene rings is 1. The summed E-state index contributed by atoms with van der Waals surface area (Å²) >= 11 is 1.74. The summed E-state index contributed by atoms with van der Waals surface area (Å²) in [6, 6.07) is 12.7. The summed E-state index contributed by atoms with van der Waals surface area (Å²) in [5.41, 5.74) is 5.89. The third-order valence-electron chi connectivity index (χ3n) is 3.46. The van der Waals surface area contributed by atoms with E-state index >= 15 is 0 Å². The first-order chi connectivity index (χ1) is 9.20.